The topological polar surface area (TPSA) is 29.5 Å². The average molecular weight is 222 g/mol. The smallest absolute Gasteiger partial charge is 0.102 e. The van der Waals surface area contributed by atoms with Crippen LogP contribution in [0.1, 0.15) is 43.9 Å². The third-order valence-corrected chi connectivity index (χ3v) is 2.50. The molecule has 0 aliphatic rings. The lowest BCUT2D eigenvalue weighted by molar-refractivity contribution is 0.0363. The van der Waals surface area contributed by atoms with Crippen molar-refractivity contribution in [3.63, 3.8) is 0 Å². The molecule has 0 fully saturated rings. The van der Waals surface area contributed by atoms with Crippen molar-refractivity contribution in [3.05, 3.63) is 35.4 Å². The van der Waals surface area contributed by atoms with E-state index in [1.807, 2.05) is 12.1 Å². The molecule has 0 saturated carbocycles. The summed E-state index contributed by atoms with van der Waals surface area (Å²) in [6.07, 6.45) is 2.69. The Balaban J connectivity index is 2.53. The van der Waals surface area contributed by atoms with Gasteiger partial charge in [-0.15, -0.1) is 0 Å². The van der Waals surface area contributed by atoms with Crippen molar-refractivity contribution >= 4 is 0 Å². The first-order chi connectivity index (χ1) is 7.77. The van der Waals surface area contributed by atoms with Crippen LogP contribution in [0.5, 0.6) is 0 Å². The lowest BCUT2D eigenvalue weighted by Crippen LogP contribution is -2.08. The number of aliphatic hydroxyl groups excluding tert-OH is 1. The van der Waals surface area contributed by atoms with Gasteiger partial charge in [0.25, 0.3) is 0 Å². The van der Waals surface area contributed by atoms with E-state index in [0.29, 0.717) is 13.2 Å². The van der Waals surface area contributed by atoms with Crippen molar-refractivity contribution in [2.45, 2.75) is 39.2 Å². The van der Waals surface area contributed by atoms with Crippen LogP contribution < -0.4 is 0 Å². The molecular formula is C14H22O2. The van der Waals surface area contributed by atoms with Gasteiger partial charge in [0.05, 0.1) is 6.61 Å². The largest absolute Gasteiger partial charge is 0.386 e. The minimum atomic E-state index is -0.497. The summed E-state index contributed by atoms with van der Waals surface area (Å²) >= 11 is 0. The SMILES string of the molecule is CCCOCC(O)c1cccc(CCC)c1. The van der Waals surface area contributed by atoms with Crippen LogP contribution >= 0.6 is 0 Å². The normalized spacial score (nSPS) is 12.7. The Hall–Kier alpha value is -0.860. The summed E-state index contributed by atoms with van der Waals surface area (Å²) in [5.41, 5.74) is 2.25. The van der Waals surface area contributed by atoms with Crippen molar-refractivity contribution in [3.8, 4) is 0 Å². The molecular weight excluding hydrogens is 200 g/mol. The Bertz CT molecular complexity index is 297. The van der Waals surface area contributed by atoms with Gasteiger partial charge in [0.1, 0.15) is 6.10 Å². The van der Waals surface area contributed by atoms with Crippen LogP contribution in [0, 0.1) is 0 Å². The molecule has 1 N–H and O–H groups in total. The highest BCUT2D eigenvalue weighted by Gasteiger charge is 2.07. The fraction of sp³-hybridized carbons (Fsp3) is 0.571. The van der Waals surface area contributed by atoms with Crippen molar-refractivity contribution in [2.24, 2.45) is 0 Å². The first-order valence-corrected chi connectivity index (χ1v) is 6.12. The number of benzene rings is 1. The number of aryl methyl sites for hydroxylation is 1. The van der Waals surface area contributed by atoms with E-state index in [-0.39, 0.29) is 0 Å². The number of aliphatic hydroxyl groups is 1. The predicted octanol–water partition coefficient (Wildman–Crippen LogP) is 3.10. The van der Waals surface area contributed by atoms with Crippen LogP contribution in [0.2, 0.25) is 0 Å². The Morgan fingerprint density at radius 3 is 2.75 bits per heavy atom. The van der Waals surface area contributed by atoms with E-state index in [2.05, 4.69) is 26.0 Å². The molecule has 1 unspecified atom stereocenters. The van der Waals surface area contributed by atoms with E-state index in [4.69, 9.17) is 4.74 Å². The van der Waals surface area contributed by atoms with Gasteiger partial charge in [0, 0.05) is 6.61 Å². The minimum Gasteiger partial charge on any atom is -0.386 e. The maximum absolute atomic E-state index is 9.91. The average Bonchev–Trinajstić information content (AvgIpc) is 2.30. The fourth-order valence-corrected chi connectivity index (χ4v) is 1.68. The number of rotatable bonds is 7. The lowest BCUT2D eigenvalue weighted by Gasteiger charge is -2.12. The van der Waals surface area contributed by atoms with Crippen LogP contribution in [0.15, 0.2) is 24.3 Å². The monoisotopic (exact) mass is 222 g/mol. The molecule has 0 aliphatic carbocycles. The molecule has 1 aromatic carbocycles. The molecule has 90 valence electrons. The summed E-state index contributed by atoms with van der Waals surface area (Å²) in [6, 6.07) is 8.14. The number of hydrogen-bond donors (Lipinski definition) is 1. The molecule has 0 heterocycles. The molecule has 16 heavy (non-hydrogen) atoms. The third-order valence-electron chi connectivity index (χ3n) is 2.50. The summed E-state index contributed by atoms with van der Waals surface area (Å²) in [4.78, 5) is 0. The number of ether oxygens (including phenoxy) is 1. The van der Waals surface area contributed by atoms with E-state index in [9.17, 15) is 5.11 Å². The van der Waals surface area contributed by atoms with E-state index < -0.39 is 6.10 Å². The van der Waals surface area contributed by atoms with E-state index in [1.54, 1.807) is 0 Å². The van der Waals surface area contributed by atoms with E-state index in [0.717, 1.165) is 24.8 Å². The molecule has 0 aliphatic heterocycles. The zero-order valence-corrected chi connectivity index (χ0v) is 10.3. The fourth-order valence-electron chi connectivity index (χ4n) is 1.68. The zero-order chi connectivity index (χ0) is 11.8. The summed E-state index contributed by atoms with van der Waals surface area (Å²) < 4.78 is 5.35. The first kappa shape index (κ1) is 13.2. The van der Waals surface area contributed by atoms with Gasteiger partial charge >= 0.3 is 0 Å². The second-order valence-electron chi connectivity index (χ2n) is 4.09. The van der Waals surface area contributed by atoms with Crippen LogP contribution in [-0.4, -0.2) is 18.3 Å². The Morgan fingerprint density at radius 2 is 2.06 bits per heavy atom. The second-order valence-corrected chi connectivity index (χ2v) is 4.09. The van der Waals surface area contributed by atoms with E-state index >= 15 is 0 Å². The lowest BCUT2D eigenvalue weighted by atomic mass is 10.0. The maximum Gasteiger partial charge on any atom is 0.102 e. The van der Waals surface area contributed by atoms with Gasteiger partial charge in [0.15, 0.2) is 0 Å². The Morgan fingerprint density at radius 1 is 1.25 bits per heavy atom. The van der Waals surface area contributed by atoms with Gasteiger partial charge in [-0.2, -0.15) is 0 Å². The molecule has 0 amide bonds. The van der Waals surface area contributed by atoms with Crippen LogP contribution in [0.25, 0.3) is 0 Å². The standard InChI is InChI=1S/C14H22O2/c1-3-6-12-7-5-8-13(10-12)14(15)11-16-9-4-2/h5,7-8,10,14-15H,3-4,6,9,11H2,1-2H3. The Labute approximate surface area is 98.3 Å². The summed E-state index contributed by atoms with van der Waals surface area (Å²) in [6.45, 7) is 5.33. The summed E-state index contributed by atoms with van der Waals surface area (Å²) in [7, 11) is 0. The van der Waals surface area contributed by atoms with Crippen LogP contribution in [-0.2, 0) is 11.2 Å². The van der Waals surface area contributed by atoms with Gasteiger partial charge in [-0.25, -0.2) is 0 Å². The summed E-state index contributed by atoms with van der Waals surface area (Å²) in [5.74, 6) is 0. The third kappa shape index (κ3) is 4.33. The van der Waals surface area contributed by atoms with Gasteiger partial charge in [0.2, 0.25) is 0 Å². The molecule has 0 bridgehead atoms. The molecule has 1 atom stereocenters. The predicted molar refractivity (Wildman–Crippen MR) is 66.5 cm³/mol. The minimum absolute atomic E-state index is 0.392. The van der Waals surface area contributed by atoms with Crippen LogP contribution in [0.4, 0.5) is 0 Å². The molecule has 0 aromatic heterocycles. The van der Waals surface area contributed by atoms with Crippen molar-refractivity contribution in [2.75, 3.05) is 13.2 Å². The second kappa shape index (κ2) is 7.42. The molecule has 2 heteroatoms. The quantitative estimate of drug-likeness (QED) is 0.718. The molecule has 1 aromatic rings. The van der Waals surface area contributed by atoms with E-state index in [1.165, 1.54) is 5.56 Å². The van der Waals surface area contributed by atoms with Gasteiger partial charge < -0.3 is 9.84 Å². The molecule has 1 rings (SSSR count). The molecule has 2 nitrogen and oxygen atoms in total. The molecule has 0 saturated heterocycles. The molecule has 0 radical (unpaired) electrons. The van der Waals surface area contributed by atoms with Crippen molar-refractivity contribution in [1.82, 2.24) is 0 Å². The molecule has 0 spiro atoms. The maximum atomic E-state index is 9.91. The van der Waals surface area contributed by atoms with Gasteiger partial charge in [-0.05, 0) is 24.0 Å². The first-order valence-electron chi connectivity index (χ1n) is 6.12. The van der Waals surface area contributed by atoms with Crippen molar-refractivity contribution in [1.29, 1.82) is 0 Å². The number of hydrogen-bond acceptors (Lipinski definition) is 2. The van der Waals surface area contributed by atoms with Gasteiger partial charge in [-0.3, -0.25) is 0 Å². The van der Waals surface area contributed by atoms with Crippen LogP contribution in [0.3, 0.4) is 0 Å². The van der Waals surface area contributed by atoms with Crippen molar-refractivity contribution < 1.29 is 9.84 Å². The highest BCUT2D eigenvalue weighted by molar-refractivity contribution is 5.25. The zero-order valence-electron chi connectivity index (χ0n) is 10.3. The summed E-state index contributed by atoms with van der Waals surface area (Å²) in [5, 5.41) is 9.91. The Kier molecular flexibility index (Phi) is 6.12. The highest BCUT2D eigenvalue weighted by atomic mass is 16.5. The highest BCUT2D eigenvalue weighted by Crippen LogP contribution is 2.16. The van der Waals surface area contributed by atoms with Gasteiger partial charge in [-0.1, -0.05) is 44.5 Å².